The highest BCUT2D eigenvalue weighted by atomic mass is 16.5. The summed E-state index contributed by atoms with van der Waals surface area (Å²) in [5, 5.41) is 7.33. The lowest BCUT2D eigenvalue weighted by Gasteiger charge is -2.11. The van der Waals surface area contributed by atoms with Crippen LogP contribution in [0.5, 0.6) is 5.75 Å². The van der Waals surface area contributed by atoms with Crippen LogP contribution in [0.4, 0.5) is 0 Å². The van der Waals surface area contributed by atoms with Gasteiger partial charge in [-0.2, -0.15) is 0 Å². The Morgan fingerprint density at radius 1 is 1.00 bits per heavy atom. The Hall–Kier alpha value is -3.10. The van der Waals surface area contributed by atoms with Gasteiger partial charge in [0.05, 0.1) is 18.7 Å². The fraction of sp³-hybridized carbons (Fsp3) is 0.444. The molecule has 0 atom stereocenters. The SMILES string of the molecule is CCOc1ccccc1C(=O)NCC(=O)OCC(=O)NCC(=O)NC(C)C. The zero-order chi connectivity index (χ0) is 20.2. The molecule has 3 N–H and O–H groups in total. The minimum Gasteiger partial charge on any atom is -0.493 e. The molecule has 0 saturated carbocycles. The number of esters is 1. The van der Waals surface area contributed by atoms with Crippen LogP contribution >= 0.6 is 0 Å². The van der Waals surface area contributed by atoms with E-state index in [1.54, 1.807) is 45.0 Å². The normalized spacial score (nSPS) is 10.1. The largest absolute Gasteiger partial charge is 0.493 e. The topological polar surface area (TPSA) is 123 Å². The molecule has 9 heteroatoms. The molecule has 9 nitrogen and oxygen atoms in total. The van der Waals surface area contributed by atoms with Gasteiger partial charge in [0.25, 0.3) is 11.8 Å². The minimum atomic E-state index is -0.779. The number of hydrogen-bond donors (Lipinski definition) is 3. The van der Waals surface area contributed by atoms with Crippen molar-refractivity contribution in [3.05, 3.63) is 29.8 Å². The molecule has 0 radical (unpaired) electrons. The van der Waals surface area contributed by atoms with Gasteiger partial charge in [-0.25, -0.2) is 0 Å². The zero-order valence-electron chi connectivity index (χ0n) is 15.7. The standard InChI is InChI=1S/C18H25N3O6/c1-4-26-14-8-6-5-7-13(14)18(25)20-10-17(24)27-11-16(23)19-9-15(22)21-12(2)3/h5-8,12H,4,9-11H2,1-3H3,(H,19,23)(H,20,25)(H,21,22). The monoisotopic (exact) mass is 379 g/mol. The van der Waals surface area contributed by atoms with Crippen molar-refractivity contribution in [3.8, 4) is 5.75 Å². The lowest BCUT2D eigenvalue weighted by Crippen LogP contribution is -2.41. The van der Waals surface area contributed by atoms with Gasteiger partial charge in [0.1, 0.15) is 12.3 Å². The molecule has 1 rings (SSSR count). The molecule has 0 fully saturated rings. The van der Waals surface area contributed by atoms with Crippen molar-refractivity contribution in [3.63, 3.8) is 0 Å². The van der Waals surface area contributed by atoms with Gasteiger partial charge in [0.2, 0.25) is 5.91 Å². The Balaban J connectivity index is 2.34. The van der Waals surface area contributed by atoms with Crippen LogP contribution in [-0.4, -0.2) is 56.0 Å². The first-order valence-corrected chi connectivity index (χ1v) is 8.55. The molecule has 3 amide bonds. The number of ether oxygens (including phenoxy) is 2. The smallest absolute Gasteiger partial charge is 0.325 e. The van der Waals surface area contributed by atoms with Crippen molar-refractivity contribution in [2.24, 2.45) is 0 Å². The summed E-state index contributed by atoms with van der Waals surface area (Å²) < 4.78 is 10.1. The number of nitrogens with one attached hydrogen (secondary N) is 3. The van der Waals surface area contributed by atoms with E-state index in [1.807, 2.05) is 0 Å². The Morgan fingerprint density at radius 3 is 2.37 bits per heavy atom. The quantitative estimate of drug-likeness (QED) is 0.492. The maximum Gasteiger partial charge on any atom is 0.325 e. The minimum absolute atomic E-state index is 0.0382. The molecule has 1 aromatic rings. The molecule has 0 unspecified atom stereocenters. The van der Waals surface area contributed by atoms with E-state index >= 15 is 0 Å². The number of carbonyl (C=O) groups is 4. The summed E-state index contributed by atoms with van der Waals surface area (Å²) in [6, 6.07) is 6.59. The summed E-state index contributed by atoms with van der Waals surface area (Å²) in [6.07, 6.45) is 0. The lowest BCUT2D eigenvalue weighted by molar-refractivity contribution is -0.147. The molecule has 0 aliphatic heterocycles. The van der Waals surface area contributed by atoms with Crippen molar-refractivity contribution in [2.45, 2.75) is 26.8 Å². The Kier molecular flexibility index (Phi) is 9.35. The highest BCUT2D eigenvalue weighted by Crippen LogP contribution is 2.17. The van der Waals surface area contributed by atoms with Crippen molar-refractivity contribution >= 4 is 23.7 Å². The fourth-order valence-electron chi connectivity index (χ4n) is 1.98. The first-order chi connectivity index (χ1) is 12.8. The Morgan fingerprint density at radius 2 is 1.70 bits per heavy atom. The molecule has 0 aromatic heterocycles. The summed E-state index contributed by atoms with van der Waals surface area (Å²) in [5.74, 6) is -1.82. The van der Waals surface area contributed by atoms with Gasteiger partial charge in [-0.3, -0.25) is 19.2 Å². The van der Waals surface area contributed by atoms with Gasteiger partial charge in [-0.15, -0.1) is 0 Å². The van der Waals surface area contributed by atoms with E-state index < -0.39 is 30.9 Å². The van der Waals surface area contributed by atoms with E-state index in [9.17, 15) is 19.2 Å². The zero-order valence-corrected chi connectivity index (χ0v) is 15.7. The number of hydrogen-bond acceptors (Lipinski definition) is 6. The number of benzene rings is 1. The van der Waals surface area contributed by atoms with Crippen LogP contribution in [-0.2, 0) is 19.1 Å². The molecule has 1 aromatic carbocycles. The lowest BCUT2D eigenvalue weighted by atomic mass is 10.2. The predicted octanol–water partition coefficient (Wildman–Crippen LogP) is -0.000900. The van der Waals surface area contributed by atoms with Gasteiger partial charge in [0, 0.05) is 6.04 Å². The fourth-order valence-corrected chi connectivity index (χ4v) is 1.98. The Labute approximate surface area is 157 Å². The average Bonchev–Trinajstić information content (AvgIpc) is 2.63. The molecule has 0 bridgehead atoms. The first-order valence-electron chi connectivity index (χ1n) is 8.55. The molecule has 0 aliphatic rings. The number of amides is 3. The van der Waals surface area contributed by atoms with Crippen LogP contribution < -0.4 is 20.7 Å². The average molecular weight is 379 g/mol. The third-order valence-corrected chi connectivity index (χ3v) is 3.08. The summed E-state index contributed by atoms with van der Waals surface area (Å²) >= 11 is 0. The third-order valence-electron chi connectivity index (χ3n) is 3.08. The molecule has 148 valence electrons. The summed E-state index contributed by atoms with van der Waals surface area (Å²) in [7, 11) is 0. The molecular weight excluding hydrogens is 354 g/mol. The van der Waals surface area contributed by atoms with Gasteiger partial charge >= 0.3 is 5.97 Å². The molecule has 0 saturated heterocycles. The van der Waals surface area contributed by atoms with E-state index in [-0.39, 0.29) is 18.5 Å². The van der Waals surface area contributed by atoms with E-state index in [1.165, 1.54) is 0 Å². The second-order valence-electron chi connectivity index (χ2n) is 5.77. The molecule has 27 heavy (non-hydrogen) atoms. The van der Waals surface area contributed by atoms with Crippen molar-refractivity contribution in [1.29, 1.82) is 0 Å². The van der Waals surface area contributed by atoms with E-state index in [0.717, 1.165) is 0 Å². The van der Waals surface area contributed by atoms with Crippen LogP contribution in [0.1, 0.15) is 31.1 Å². The third kappa shape index (κ3) is 8.70. The van der Waals surface area contributed by atoms with Gasteiger partial charge in [0.15, 0.2) is 6.61 Å². The molecular formula is C18H25N3O6. The van der Waals surface area contributed by atoms with Crippen LogP contribution in [0.2, 0.25) is 0 Å². The maximum atomic E-state index is 12.1. The second-order valence-corrected chi connectivity index (χ2v) is 5.77. The van der Waals surface area contributed by atoms with Crippen LogP contribution in [0.3, 0.4) is 0 Å². The van der Waals surface area contributed by atoms with Crippen LogP contribution in [0, 0.1) is 0 Å². The van der Waals surface area contributed by atoms with Crippen molar-refractivity contribution in [1.82, 2.24) is 16.0 Å². The van der Waals surface area contributed by atoms with E-state index in [4.69, 9.17) is 9.47 Å². The number of rotatable bonds is 10. The molecule has 0 heterocycles. The Bertz CT molecular complexity index is 675. The predicted molar refractivity (Wildman–Crippen MR) is 97.2 cm³/mol. The van der Waals surface area contributed by atoms with E-state index in [2.05, 4.69) is 16.0 Å². The highest BCUT2D eigenvalue weighted by Gasteiger charge is 2.14. The number of carbonyl (C=O) groups excluding carboxylic acids is 4. The maximum absolute atomic E-state index is 12.1. The van der Waals surface area contributed by atoms with Gasteiger partial charge < -0.3 is 25.4 Å². The summed E-state index contributed by atoms with van der Waals surface area (Å²) in [4.78, 5) is 46.7. The van der Waals surface area contributed by atoms with E-state index in [0.29, 0.717) is 17.9 Å². The summed E-state index contributed by atoms with van der Waals surface area (Å²) in [6.45, 7) is 4.63. The highest BCUT2D eigenvalue weighted by molar-refractivity contribution is 5.98. The van der Waals surface area contributed by atoms with Crippen LogP contribution in [0.15, 0.2) is 24.3 Å². The van der Waals surface area contributed by atoms with Crippen molar-refractivity contribution < 1.29 is 28.7 Å². The molecule has 0 aliphatic carbocycles. The summed E-state index contributed by atoms with van der Waals surface area (Å²) in [5.41, 5.74) is 0.293. The van der Waals surface area contributed by atoms with Gasteiger partial charge in [-0.05, 0) is 32.9 Å². The van der Waals surface area contributed by atoms with Crippen molar-refractivity contribution in [2.75, 3.05) is 26.3 Å². The number of para-hydroxylation sites is 1. The second kappa shape index (κ2) is 11.5. The van der Waals surface area contributed by atoms with Crippen LogP contribution in [0.25, 0.3) is 0 Å². The molecule has 0 spiro atoms. The first kappa shape index (κ1) is 21.9. The van der Waals surface area contributed by atoms with Gasteiger partial charge in [-0.1, -0.05) is 12.1 Å².